The number of hydroxylamine groups is 2. The number of rotatable bonds is 1. The van der Waals surface area contributed by atoms with Gasteiger partial charge in [-0.15, -0.1) is 0 Å². The van der Waals surface area contributed by atoms with Crippen LogP contribution in [0.4, 0.5) is 0 Å². The molecule has 0 spiro atoms. The SMILES string of the molecule is CC(C)(C)ON1CCOCC1. The van der Waals surface area contributed by atoms with Crippen LogP contribution in [0.5, 0.6) is 0 Å². The molecule has 0 aromatic carbocycles. The zero-order valence-corrected chi connectivity index (χ0v) is 7.59. The van der Waals surface area contributed by atoms with Crippen molar-refractivity contribution < 1.29 is 9.57 Å². The predicted molar refractivity (Wildman–Crippen MR) is 43.2 cm³/mol. The van der Waals surface area contributed by atoms with Crippen LogP contribution in [-0.4, -0.2) is 37.0 Å². The van der Waals surface area contributed by atoms with Gasteiger partial charge < -0.3 is 4.74 Å². The van der Waals surface area contributed by atoms with Gasteiger partial charge in [-0.3, -0.25) is 4.84 Å². The molecule has 1 aliphatic rings. The summed E-state index contributed by atoms with van der Waals surface area (Å²) in [5, 5.41) is 1.98. The first-order valence-corrected chi connectivity index (χ1v) is 4.10. The molecule has 1 rings (SSSR count). The molecular formula is C8H17NO2. The van der Waals surface area contributed by atoms with E-state index in [4.69, 9.17) is 9.57 Å². The Labute approximate surface area is 68.2 Å². The van der Waals surface area contributed by atoms with Gasteiger partial charge >= 0.3 is 0 Å². The average Bonchev–Trinajstić information content (AvgIpc) is 1.85. The molecule has 0 amide bonds. The molecule has 0 aromatic rings. The van der Waals surface area contributed by atoms with E-state index in [9.17, 15) is 0 Å². The Kier molecular flexibility index (Phi) is 2.87. The van der Waals surface area contributed by atoms with E-state index in [0.29, 0.717) is 0 Å². The summed E-state index contributed by atoms with van der Waals surface area (Å²) in [5.41, 5.74) is -0.0721. The summed E-state index contributed by atoms with van der Waals surface area (Å²) >= 11 is 0. The summed E-state index contributed by atoms with van der Waals surface area (Å²) in [6, 6.07) is 0. The van der Waals surface area contributed by atoms with Gasteiger partial charge in [0.1, 0.15) is 0 Å². The Morgan fingerprint density at radius 3 is 2.18 bits per heavy atom. The molecule has 3 nitrogen and oxygen atoms in total. The van der Waals surface area contributed by atoms with Crippen LogP contribution in [0.1, 0.15) is 20.8 Å². The van der Waals surface area contributed by atoms with Gasteiger partial charge in [-0.25, -0.2) is 0 Å². The summed E-state index contributed by atoms with van der Waals surface area (Å²) in [6.45, 7) is 9.52. The van der Waals surface area contributed by atoms with Gasteiger partial charge in [0.15, 0.2) is 0 Å². The van der Waals surface area contributed by atoms with Crippen LogP contribution < -0.4 is 0 Å². The average molecular weight is 159 g/mol. The second kappa shape index (κ2) is 3.52. The molecule has 1 fully saturated rings. The summed E-state index contributed by atoms with van der Waals surface area (Å²) < 4.78 is 5.19. The maximum atomic E-state index is 5.63. The van der Waals surface area contributed by atoms with Crippen molar-refractivity contribution >= 4 is 0 Å². The second-order valence-electron chi connectivity index (χ2n) is 3.75. The molecule has 1 saturated heterocycles. The fraction of sp³-hybridized carbons (Fsp3) is 1.00. The Balaban J connectivity index is 2.24. The third kappa shape index (κ3) is 3.70. The van der Waals surface area contributed by atoms with Crippen molar-refractivity contribution in [2.75, 3.05) is 26.3 Å². The molecule has 0 aliphatic carbocycles. The molecule has 0 radical (unpaired) electrons. The minimum Gasteiger partial charge on any atom is -0.379 e. The number of hydrogen-bond acceptors (Lipinski definition) is 3. The predicted octanol–water partition coefficient (Wildman–Crippen LogP) is 1.05. The Morgan fingerprint density at radius 1 is 1.18 bits per heavy atom. The van der Waals surface area contributed by atoms with Crippen molar-refractivity contribution in [1.82, 2.24) is 5.06 Å². The molecule has 1 aliphatic heterocycles. The van der Waals surface area contributed by atoms with Crippen molar-refractivity contribution in [1.29, 1.82) is 0 Å². The fourth-order valence-corrected chi connectivity index (χ4v) is 1.03. The zero-order valence-electron chi connectivity index (χ0n) is 7.59. The number of morpholine rings is 1. The molecule has 3 heteroatoms. The lowest BCUT2D eigenvalue weighted by molar-refractivity contribution is -0.250. The summed E-state index contributed by atoms with van der Waals surface area (Å²) in [7, 11) is 0. The first-order valence-electron chi connectivity index (χ1n) is 4.10. The van der Waals surface area contributed by atoms with Crippen molar-refractivity contribution in [2.24, 2.45) is 0 Å². The monoisotopic (exact) mass is 159 g/mol. The molecule has 0 atom stereocenters. The first-order chi connectivity index (χ1) is 5.08. The molecule has 0 aromatic heterocycles. The molecule has 0 saturated carbocycles. The van der Waals surface area contributed by atoms with Gasteiger partial charge in [-0.2, -0.15) is 5.06 Å². The Hall–Kier alpha value is -0.120. The lowest BCUT2D eigenvalue weighted by atomic mass is 10.2. The van der Waals surface area contributed by atoms with E-state index in [1.165, 1.54) is 0 Å². The second-order valence-corrected chi connectivity index (χ2v) is 3.75. The summed E-state index contributed by atoms with van der Waals surface area (Å²) in [6.07, 6.45) is 0. The standard InChI is InChI=1S/C8H17NO2/c1-8(2,3)11-9-4-6-10-7-5-9/h4-7H2,1-3H3. The number of nitrogens with zero attached hydrogens (tertiary/aromatic N) is 1. The smallest absolute Gasteiger partial charge is 0.0815 e. The highest BCUT2D eigenvalue weighted by Gasteiger charge is 2.18. The van der Waals surface area contributed by atoms with Gasteiger partial charge in [0, 0.05) is 13.1 Å². The van der Waals surface area contributed by atoms with Gasteiger partial charge in [0.2, 0.25) is 0 Å². The Bertz CT molecular complexity index is 114. The van der Waals surface area contributed by atoms with Gasteiger partial charge in [0.05, 0.1) is 18.8 Å². The van der Waals surface area contributed by atoms with Crippen LogP contribution in [0.2, 0.25) is 0 Å². The van der Waals surface area contributed by atoms with Crippen LogP contribution in [0, 0.1) is 0 Å². The third-order valence-electron chi connectivity index (χ3n) is 1.37. The van der Waals surface area contributed by atoms with Crippen molar-refractivity contribution in [3.05, 3.63) is 0 Å². The van der Waals surface area contributed by atoms with Crippen LogP contribution in [-0.2, 0) is 9.57 Å². The van der Waals surface area contributed by atoms with E-state index < -0.39 is 0 Å². The zero-order chi connectivity index (χ0) is 8.32. The van der Waals surface area contributed by atoms with Gasteiger partial charge in [-0.1, -0.05) is 0 Å². The van der Waals surface area contributed by atoms with E-state index in [0.717, 1.165) is 26.3 Å². The maximum absolute atomic E-state index is 5.63. The fourth-order valence-electron chi connectivity index (χ4n) is 1.03. The molecule has 1 heterocycles. The normalized spacial score (nSPS) is 22.1. The maximum Gasteiger partial charge on any atom is 0.0815 e. The lowest BCUT2D eigenvalue weighted by Gasteiger charge is -2.32. The lowest BCUT2D eigenvalue weighted by Crippen LogP contribution is -2.41. The molecule has 0 unspecified atom stereocenters. The highest BCUT2D eigenvalue weighted by Crippen LogP contribution is 2.11. The molecule has 0 N–H and O–H groups in total. The minimum absolute atomic E-state index is 0.0721. The third-order valence-corrected chi connectivity index (χ3v) is 1.37. The quantitative estimate of drug-likeness (QED) is 0.571. The van der Waals surface area contributed by atoms with E-state index in [-0.39, 0.29) is 5.60 Å². The topological polar surface area (TPSA) is 21.7 Å². The van der Waals surface area contributed by atoms with E-state index >= 15 is 0 Å². The van der Waals surface area contributed by atoms with Crippen LogP contribution in [0.25, 0.3) is 0 Å². The highest BCUT2D eigenvalue weighted by atomic mass is 16.7. The van der Waals surface area contributed by atoms with Crippen molar-refractivity contribution in [3.8, 4) is 0 Å². The molecule has 0 bridgehead atoms. The molecule has 11 heavy (non-hydrogen) atoms. The first kappa shape index (κ1) is 8.97. The van der Waals surface area contributed by atoms with Crippen molar-refractivity contribution in [3.63, 3.8) is 0 Å². The minimum atomic E-state index is -0.0721. The van der Waals surface area contributed by atoms with Crippen molar-refractivity contribution in [2.45, 2.75) is 26.4 Å². The number of ether oxygens (including phenoxy) is 1. The summed E-state index contributed by atoms with van der Waals surface area (Å²) in [5.74, 6) is 0. The molecular weight excluding hydrogens is 142 g/mol. The number of hydrogen-bond donors (Lipinski definition) is 0. The van der Waals surface area contributed by atoms with Crippen LogP contribution >= 0.6 is 0 Å². The largest absolute Gasteiger partial charge is 0.379 e. The van der Waals surface area contributed by atoms with E-state index in [2.05, 4.69) is 20.8 Å². The summed E-state index contributed by atoms with van der Waals surface area (Å²) in [4.78, 5) is 5.63. The van der Waals surface area contributed by atoms with Crippen LogP contribution in [0.15, 0.2) is 0 Å². The van der Waals surface area contributed by atoms with Crippen LogP contribution in [0.3, 0.4) is 0 Å². The van der Waals surface area contributed by atoms with Gasteiger partial charge in [-0.05, 0) is 20.8 Å². The van der Waals surface area contributed by atoms with E-state index in [1.807, 2.05) is 5.06 Å². The van der Waals surface area contributed by atoms with E-state index in [1.54, 1.807) is 0 Å². The van der Waals surface area contributed by atoms with Gasteiger partial charge in [0.25, 0.3) is 0 Å². The molecule has 66 valence electrons. The highest BCUT2D eigenvalue weighted by molar-refractivity contribution is 4.60. The Morgan fingerprint density at radius 2 is 1.73 bits per heavy atom.